The molecule has 13 heavy (non-hydrogen) atoms. The Morgan fingerprint density at radius 1 is 1.69 bits per heavy atom. The Morgan fingerprint density at radius 3 is 3.00 bits per heavy atom. The van der Waals surface area contributed by atoms with Gasteiger partial charge >= 0.3 is 0 Å². The normalized spacial score (nSPS) is 9.54. The predicted octanol–water partition coefficient (Wildman–Crippen LogP) is 2.62. The number of nitrogens with one attached hydrogen (secondary N) is 1. The fraction of sp³-hybridized carbons (Fsp3) is 0.222. The first-order valence-corrected chi connectivity index (χ1v) is 5.36. The van der Waals surface area contributed by atoms with E-state index in [1.807, 2.05) is 12.1 Å². The van der Waals surface area contributed by atoms with Crippen LogP contribution in [-0.2, 0) is 6.54 Å². The Bertz CT molecular complexity index is 338. The summed E-state index contributed by atoms with van der Waals surface area (Å²) in [6.45, 7) is 5.25. The van der Waals surface area contributed by atoms with Gasteiger partial charge < -0.3 is 5.32 Å². The molecule has 68 valence electrons. The van der Waals surface area contributed by atoms with Gasteiger partial charge in [0.25, 0.3) is 0 Å². The predicted molar refractivity (Wildman–Crippen MR) is 58.8 cm³/mol. The third-order valence-electron chi connectivity index (χ3n) is 1.39. The smallest absolute Gasteiger partial charge is 0.110 e. The van der Waals surface area contributed by atoms with E-state index in [0.29, 0.717) is 0 Å². The molecule has 0 spiro atoms. The fourth-order valence-electron chi connectivity index (χ4n) is 0.854. The average molecular weight is 257 g/mol. The molecule has 1 heterocycles. The highest BCUT2D eigenvalue weighted by atomic mass is 79.9. The van der Waals surface area contributed by atoms with E-state index in [-0.39, 0.29) is 0 Å². The Kier molecular flexibility index (Phi) is 4.16. The Hall–Kier alpha value is -0.630. The summed E-state index contributed by atoms with van der Waals surface area (Å²) in [6, 6.07) is 5.91. The lowest BCUT2D eigenvalue weighted by atomic mass is 10.4. The van der Waals surface area contributed by atoms with Crippen LogP contribution in [0, 0.1) is 11.3 Å². The van der Waals surface area contributed by atoms with Crippen LogP contribution in [0.1, 0.15) is 9.75 Å². The minimum Gasteiger partial charge on any atom is -0.307 e. The van der Waals surface area contributed by atoms with Crippen molar-refractivity contribution < 1.29 is 0 Å². The first-order chi connectivity index (χ1) is 6.22. The molecule has 0 aromatic carbocycles. The third-order valence-corrected chi connectivity index (χ3v) is 2.66. The van der Waals surface area contributed by atoms with Crippen molar-refractivity contribution in [3.05, 3.63) is 32.9 Å². The van der Waals surface area contributed by atoms with Crippen LogP contribution in [0.4, 0.5) is 0 Å². The molecule has 0 saturated carbocycles. The molecule has 0 radical (unpaired) electrons. The Morgan fingerprint density at radius 2 is 2.46 bits per heavy atom. The van der Waals surface area contributed by atoms with Gasteiger partial charge in [-0.15, -0.1) is 11.3 Å². The van der Waals surface area contributed by atoms with Gasteiger partial charge in [-0.25, -0.2) is 0 Å². The van der Waals surface area contributed by atoms with Crippen LogP contribution < -0.4 is 5.32 Å². The van der Waals surface area contributed by atoms with E-state index >= 15 is 0 Å². The lowest BCUT2D eigenvalue weighted by Gasteiger charge is -1.99. The summed E-state index contributed by atoms with van der Waals surface area (Å²) in [4.78, 5) is 1.93. The van der Waals surface area contributed by atoms with E-state index in [9.17, 15) is 0 Å². The van der Waals surface area contributed by atoms with Crippen molar-refractivity contribution in [1.82, 2.24) is 5.32 Å². The molecule has 0 aliphatic rings. The van der Waals surface area contributed by atoms with Gasteiger partial charge in [-0.3, -0.25) is 0 Å². The molecule has 4 heteroatoms. The van der Waals surface area contributed by atoms with Crippen molar-refractivity contribution in [2.75, 3.05) is 6.54 Å². The summed E-state index contributed by atoms with van der Waals surface area (Å²) in [6.07, 6.45) is 0. The highest BCUT2D eigenvalue weighted by Gasteiger charge is 1.98. The van der Waals surface area contributed by atoms with Gasteiger partial charge in [0.1, 0.15) is 10.9 Å². The summed E-state index contributed by atoms with van der Waals surface area (Å²) in [5.41, 5.74) is 0. The van der Waals surface area contributed by atoms with Gasteiger partial charge in [-0.05, 0) is 12.1 Å². The van der Waals surface area contributed by atoms with Crippen LogP contribution in [0.5, 0.6) is 0 Å². The zero-order chi connectivity index (χ0) is 9.68. The summed E-state index contributed by atoms with van der Waals surface area (Å²) in [7, 11) is 0. The molecular weight excluding hydrogens is 248 g/mol. The first kappa shape index (κ1) is 10.5. The SMILES string of the molecule is C=C(Br)CNCc1ccc(C#N)s1. The van der Waals surface area contributed by atoms with E-state index in [2.05, 4.69) is 33.9 Å². The second kappa shape index (κ2) is 5.18. The van der Waals surface area contributed by atoms with Crippen LogP contribution in [-0.4, -0.2) is 6.54 Å². The molecule has 0 saturated heterocycles. The van der Waals surface area contributed by atoms with Crippen LogP contribution in [0.2, 0.25) is 0 Å². The molecule has 1 N–H and O–H groups in total. The van der Waals surface area contributed by atoms with Gasteiger partial charge in [-0.2, -0.15) is 5.26 Å². The molecule has 1 aromatic heterocycles. The second-order valence-corrected chi connectivity index (χ2v) is 4.79. The van der Waals surface area contributed by atoms with Crippen LogP contribution in [0.15, 0.2) is 23.2 Å². The zero-order valence-corrected chi connectivity index (χ0v) is 9.41. The average Bonchev–Trinajstić information content (AvgIpc) is 2.52. The van der Waals surface area contributed by atoms with Crippen LogP contribution >= 0.6 is 27.3 Å². The maximum atomic E-state index is 8.58. The van der Waals surface area contributed by atoms with E-state index in [4.69, 9.17) is 5.26 Å². The molecule has 0 amide bonds. The lowest BCUT2D eigenvalue weighted by Crippen LogP contribution is -2.13. The molecule has 0 fully saturated rings. The number of rotatable bonds is 4. The van der Waals surface area contributed by atoms with Crippen molar-refractivity contribution >= 4 is 27.3 Å². The van der Waals surface area contributed by atoms with Crippen molar-refractivity contribution in [1.29, 1.82) is 5.26 Å². The molecule has 1 rings (SSSR count). The largest absolute Gasteiger partial charge is 0.307 e. The number of hydrogen-bond donors (Lipinski definition) is 1. The molecule has 0 atom stereocenters. The molecular formula is C9H9BrN2S. The molecule has 1 aromatic rings. The maximum Gasteiger partial charge on any atom is 0.110 e. The molecule has 0 unspecified atom stereocenters. The fourth-order valence-corrected chi connectivity index (χ4v) is 1.83. The highest BCUT2D eigenvalue weighted by Crippen LogP contribution is 2.14. The summed E-state index contributed by atoms with van der Waals surface area (Å²) >= 11 is 4.78. The topological polar surface area (TPSA) is 35.8 Å². The maximum absolute atomic E-state index is 8.58. The van der Waals surface area contributed by atoms with Crippen molar-refractivity contribution in [3.8, 4) is 6.07 Å². The first-order valence-electron chi connectivity index (χ1n) is 3.75. The number of hydrogen-bond acceptors (Lipinski definition) is 3. The monoisotopic (exact) mass is 256 g/mol. The summed E-state index contributed by atoms with van der Waals surface area (Å²) in [5.74, 6) is 0. The minimum atomic E-state index is 0.750. The van der Waals surface area contributed by atoms with Crippen molar-refractivity contribution in [3.63, 3.8) is 0 Å². The van der Waals surface area contributed by atoms with E-state index in [0.717, 1.165) is 22.4 Å². The Labute approximate surface area is 90.0 Å². The standard InChI is InChI=1S/C9H9BrN2S/c1-7(10)5-12-6-9-3-2-8(4-11)13-9/h2-3,12H,1,5-6H2. The van der Waals surface area contributed by atoms with E-state index < -0.39 is 0 Å². The number of halogens is 1. The van der Waals surface area contributed by atoms with Crippen LogP contribution in [0.3, 0.4) is 0 Å². The summed E-state index contributed by atoms with van der Waals surface area (Å²) in [5, 5.41) is 11.8. The van der Waals surface area contributed by atoms with Gasteiger partial charge in [0.05, 0.1) is 0 Å². The molecule has 0 bridgehead atoms. The van der Waals surface area contributed by atoms with Crippen LogP contribution in [0.25, 0.3) is 0 Å². The molecule has 0 aliphatic carbocycles. The van der Waals surface area contributed by atoms with Gasteiger partial charge in [0.15, 0.2) is 0 Å². The Balaban J connectivity index is 2.38. The zero-order valence-electron chi connectivity index (χ0n) is 7.01. The van der Waals surface area contributed by atoms with Crippen molar-refractivity contribution in [2.45, 2.75) is 6.54 Å². The minimum absolute atomic E-state index is 0.750. The van der Waals surface area contributed by atoms with E-state index in [1.54, 1.807) is 0 Å². The number of nitrogens with zero attached hydrogens (tertiary/aromatic N) is 1. The number of nitriles is 1. The molecule has 2 nitrogen and oxygen atoms in total. The highest BCUT2D eigenvalue weighted by molar-refractivity contribution is 9.11. The van der Waals surface area contributed by atoms with Crippen molar-refractivity contribution in [2.24, 2.45) is 0 Å². The quantitative estimate of drug-likeness (QED) is 0.899. The van der Waals surface area contributed by atoms with Gasteiger partial charge in [0, 0.05) is 22.4 Å². The van der Waals surface area contributed by atoms with E-state index in [1.165, 1.54) is 16.2 Å². The lowest BCUT2D eigenvalue weighted by molar-refractivity contribution is 0.767. The molecule has 0 aliphatic heterocycles. The third kappa shape index (κ3) is 3.73. The van der Waals surface area contributed by atoms with Gasteiger partial charge in [-0.1, -0.05) is 22.5 Å². The second-order valence-electron chi connectivity index (χ2n) is 2.50. The van der Waals surface area contributed by atoms with Gasteiger partial charge in [0.2, 0.25) is 0 Å². The summed E-state index contributed by atoms with van der Waals surface area (Å²) < 4.78 is 0.935. The number of thiophene rings is 1.